The maximum atomic E-state index is 5.83. The van der Waals surface area contributed by atoms with Crippen molar-refractivity contribution >= 4 is 23.1 Å². The Balaban J connectivity index is 2.61. The summed E-state index contributed by atoms with van der Waals surface area (Å²) in [4.78, 5) is 10.2. The van der Waals surface area contributed by atoms with Crippen molar-refractivity contribution in [1.82, 2.24) is 14.9 Å². The van der Waals surface area contributed by atoms with Gasteiger partial charge in [0.05, 0.1) is 0 Å². The van der Waals surface area contributed by atoms with Crippen LogP contribution in [0.15, 0.2) is 6.33 Å². The van der Waals surface area contributed by atoms with Crippen molar-refractivity contribution in [2.45, 2.75) is 26.8 Å². The summed E-state index contributed by atoms with van der Waals surface area (Å²) in [6.07, 6.45) is 1.41. The van der Waals surface area contributed by atoms with Crippen molar-refractivity contribution in [3.63, 3.8) is 0 Å². The summed E-state index contributed by atoms with van der Waals surface area (Å²) in [7, 11) is 0. The summed E-state index contributed by atoms with van der Waals surface area (Å²) in [5.74, 6) is 0.602. The van der Waals surface area contributed by atoms with Crippen molar-refractivity contribution in [2.75, 3.05) is 30.7 Å². The predicted molar refractivity (Wildman–Crippen MR) is 72.3 cm³/mol. The Kier molecular flexibility index (Phi) is 5.44. The first-order valence-electron chi connectivity index (χ1n) is 5.83. The molecule has 0 saturated carbocycles. The molecule has 3 N–H and O–H groups in total. The van der Waals surface area contributed by atoms with Crippen LogP contribution >= 0.6 is 11.6 Å². The van der Waals surface area contributed by atoms with E-state index in [4.69, 9.17) is 17.3 Å². The van der Waals surface area contributed by atoms with E-state index in [9.17, 15) is 0 Å². The lowest BCUT2D eigenvalue weighted by atomic mass is 10.3. The van der Waals surface area contributed by atoms with Gasteiger partial charge in [-0.3, -0.25) is 0 Å². The quantitative estimate of drug-likeness (QED) is 0.762. The second-order valence-corrected chi connectivity index (χ2v) is 4.32. The molecule has 0 amide bonds. The zero-order valence-corrected chi connectivity index (χ0v) is 11.3. The van der Waals surface area contributed by atoms with Gasteiger partial charge < -0.3 is 16.0 Å². The van der Waals surface area contributed by atoms with Gasteiger partial charge >= 0.3 is 0 Å². The number of nitrogens with one attached hydrogen (secondary N) is 1. The van der Waals surface area contributed by atoms with Crippen LogP contribution in [0.3, 0.4) is 0 Å². The van der Waals surface area contributed by atoms with E-state index in [2.05, 4.69) is 41.0 Å². The van der Waals surface area contributed by atoms with Crippen molar-refractivity contribution in [1.29, 1.82) is 0 Å². The topological polar surface area (TPSA) is 67.1 Å². The highest BCUT2D eigenvalue weighted by Gasteiger charge is 2.11. The molecule has 1 rings (SSSR count). The zero-order valence-electron chi connectivity index (χ0n) is 10.6. The molecule has 0 aliphatic rings. The van der Waals surface area contributed by atoms with Crippen molar-refractivity contribution in [3.05, 3.63) is 11.5 Å². The maximum Gasteiger partial charge on any atom is 0.157 e. The Hall–Kier alpha value is -1.07. The molecule has 0 aromatic carbocycles. The number of likely N-dealkylation sites (N-methyl/N-ethyl adjacent to an activating group) is 1. The molecule has 5 nitrogen and oxygen atoms in total. The third-order valence-electron chi connectivity index (χ3n) is 2.64. The summed E-state index contributed by atoms with van der Waals surface area (Å²) >= 11 is 5.83. The number of nitrogens with zero attached hydrogens (tertiary/aromatic N) is 3. The number of aromatic nitrogens is 2. The Morgan fingerprint density at radius 1 is 1.41 bits per heavy atom. The summed E-state index contributed by atoms with van der Waals surface area (Å²) < 4.78 is 0. The van der Waals surface area contributed by atoms with Gasteiger partial charge in [0.15, 0.2) is 11.0 Å². The van der Waals surface area contributed by atoms with Crippen molar-refractivity contribution in [2.24, 2.45) is 0 Å². The van der Waals surface area contributed by atoms with Crippen LogP contribution in [0.2, 0.25) is 5.15 Å². The molecule has 1 heterocycles. The molecule has 1 aromatic heterocycles. The highest BCUT2D eigenvalue weighted by molar-refractivity contribution is 6.32. The first kappa shape index (κ1) is 14.0. The number of nitrogens with two attached hydrogens (primary N) is 1. The van der Waals surface area contributed by atoms with Crippen molar-refractivity contribution < 1.29 is 0 Å². The van der Waals surface area contributed by atoms with Crippen LogP contribution in [0.1, 0.15) is 20.8 Å². The molecular formula is C11H20ClN5. The van der Waals surface area contributed by atoms with E-state index >= 15 is 0 Å². The van der Waals surface area contributed by atoms with E-state index in [0.717, 1.165) is 19.6 Å². The first-order chi connectivity index (χ1) is 8.08. The minimum absolute atomic E-state index is 0.253. The van der Waals surface area contributed by atoms with Crippen molar-refractivity contribution in [3.8, 4) is 0 Å². The number of halogens is 1. The Morgan fingerprint density at radius 2 is 2.06 bits per heavy atom. The van der Waals surface area contributed by atoms with E-state index < -0.39 is 0 Å². The Bertz CT molecular complexity index is 354. The molecule has 0 saturated heterocycles. The molecule has 6 heteroatoms. The third kappa shape index (κ3) is 4.02. The molecule has 0 bridgehead atoms. The van der Waals surface area contributed by atoms with Crippen LogP contribution in [-0.2, 0) is 0 Å². The largest absolute Gasteiger partial charge is 0.393 e. The average molecular weight is 258 g/mol. The minimum Gasteiger partial charge on any atom is -0.393 e. The number of rotatable bonds is 6. The molecule has 0 aliphatic carbocycles. The summed E-state index contributed by atoms with van der Waals surface area (Å²) in [5, 5.41) is 3.54. The predicted octanol–water partition coefficient (Wildman–Crippen LogP) is 1.85. The number of nitrogen functional groups attached to an aromatic ring is 1. The van der Waals surface area contributed by atoms with Crippen LogP contribution in [0.4, 0.5) is 11.5 Å². The Labute approximate surface area is 107 Å². The van der Waals surface area contributed by atoms with Gasteiger partial charge in [0, 0.05) is 12.6 Å². The summed E-state index contributed by atoms with van der Waals surface area (Å²) in [5.41, 5.74) is 6.20. The molecule has 0 aliphatic heterocycles. The molecule has 1 aromatic rings. The molecular weight excluding hydrogens is 238 g/mol. The standard InChI is InChI=1S/C11H20ClN5/c1-4-17(5-2)6-8(3)16-11-9(13)10(12)14-7-15-11/h7-8H,4-6,13H2,1-3H3,(H,14,15,16). The highest BCUT2D eigenvalue weighted by atomic mass is 35.5. The van der Waals surface area contributed by atoms with Crippen LogP contribution in [0.5, 0.6) is 0 Å². The molecule has 0 fully saturated rings. The van der Waals surface area contributed by atoms with E-state index in [1.165, 1.54) is 6.33 Å². The highest BCUT2D eigenvalue weighted by Crippen LogP contribution is 2.22. The fourth-order valence-corrected chi connectivity index (χ4v) is 1.77. The third-order valence-corrected chi connectivity index (χ3v) is 2.95. The molecule has 96 valence electrons. The maximum absolute atomic E-state index is 5.83. The Morgan fingerprint density at radius 3 is 2.65 bits per heavy atom. The fourth-order valence-electron chi connectivity index (χ4n) is 1.64. The first-order valence-corrected chi connectivity index (χ1v) is 6.21. The fraction of sp³-hybridized carbons (Fsp3) is 0.636. The lowest BCUT2D eigenvalue weighted by Crippen LogP contribution is -2.35. The molecule has 0 spiro atoms. The SMILES string of the molecule is CCN(CC)CC(C)Nc1ncnc(Cl)c1N. The van der Waals surface area contributed by atoms with E-state index in [1.807, 2.05) is 0 Å². The lowest BCUT2D eigenvalue weighted by molar-refractivity contribution is 0.294. The van der Waals surface area contributed by atoms with Gasteiger partial charge in [-0.15, -0.1) is 0 Å². The van der Waals surface area contributed by atoms with E-state index in [1.54, 1.807) is 0 Å². The lowest BCUT2D eigenvalue weighted by Gasteiger charge is -2.24. The van der Waals surface area contributed by atoms with Gasteiger partial charge in [-0.1, -0.05) is 25.4 Å². The van der Waals surface area contributed by atoms with Gasteiger partial charge in [0.25, 0.3) is 0 Å². The molecule has 1 unspecified atom stereocenters. The van der Waals surface area contributed by atoms with Gasteiger partial charge in [-0.25, -0.2) is 9.97 Å². The minimum atomic E-state index is 0.253. The second kappa shape index (κ2) is 6.61. The monoisotopic (exact) mass is 257 g/mol. The van der Waals surface area contributed by atoms with Gasteiger partial charge in [-0.05, 0) is 20.0 Å². The van der Waals surface area contributed by atoms with Crippen LogP contribution in [0.25, 0.3) is 0 Å². The smallest absolute Gasteiger partial charge is 0.157 e. The van der Waals surface area contributed by atoms with Crippen LogP contribution < -0.4 is 11.1 Å². The summed E-state index contributed by atoms with van der Waals surface area (Å²) in [6, 6.07) is 0.253. The normalized spacial score (nSPS) is 12.8. The number of hydrogen-bond acceptors (Lipinski definition) is 5. The van der Waals surface area contributed by atoms with Gasteiger partial charge in [-0.2, -0.15) is 0 Å². The summed E-state index contributed by atoms with van der Waals surface area (Å²) in [6.45, 7) is 9.38. The molecule has 1 atom stereocenters. The molecule has 0 radical (unpaired) electrons. The second-order valence-electron chi connectivity index (χ2n) is 3.96. The van der Waals surface area contributed by atoms with Gasteiger partial charge in [0.2, 0.25) is 0 Å². The van der Waals surface area contributed by atoms with Crippen LogP contribution in [-0.4, -0.2) is 40.5 Å². The van der Waals surface area contributed by atoms with E-state index in [0.29, 0.717) is 11.5 Å². The number of hydrogen-bond donors (Lipinski definition) is 2. The van der Waals surface area contributed by atoms with E-state index in [-0.39, 0.29) is 11.2 Å². The zero-order chi connectivity index (χ0) is 12.8. The molecule has 17 heavy (non-hydrogen) atoms. The average Bonchev–Trinajstić information content (AvgIpc) is 2.32. The van der Waals surface area contributed by atoms with Gasteiger partial charge in [0.1, 0.15) is 12.0 Å². The van der Waals surface area contributed by atoms with Crippen LogP contribution in [0, 0.1) is 0 Å². The number of anilines is 2.